The van der Waals surface area contributed by atoms with E-state index in [9.17, 15) is 9.59 Å². The number of hydrogen-bond acceptors (Lipinski definition) is 9. The number of ether oxygens (including phenoxy) is 1. The molecule has 2 aromatic carbocycles. The van der Waals surface area contributed by atoms with Crippen LogP contribution in [0, 0.1) is 5.41 Å². The summed E-state index contributed by atoms with van der Waals surface area (Å²) < 4.78 is 7.02. The van der Waals surface area contributed by atoms with Gasteiger partial charge in [0.15, 0.2) is 10.4 Å². The number of aromatic nitrogens is 2. The normalized spacial score (nSPS) is 24.3. The minimum absolute atomic E-state index is 0.0796. The number of nitrogens with two attached hydrogens (primary N) is 1. The molecule has 2 aliphatic heterocycles. The van der Waals surface area contributed by atoms with E-state index in [1.54, 1.807) is 22.2 Å². The summed E-state index contributed by atoms with van der Waals surface area (Å²) in [5.74, 6) is 0.524. The number of nitrogens with zero attached hydrogens (tertiary/aromatic N) is 3. The Morgan fingerprint density at radius 3 is 2.45 bits per heavy atom. The second kappa shape index (κ2) is 9.46. The fourth-order valence-corrected chi connectivity index (χ4v) is 7.33. The van der Waals surface area contributed by atoms with Crippen molar-refractivity contribution in [2.75, 3.05) is 18.1 Å². The smallest absolute Gasteiger partial charge is 0.316 e. The monoisotopic (exact) mass is 498 g/mol. The molecule has 33 heavy (non-hydrogen) atoms. The van der Waals surface area contributed by atoms with E-state index in [1.165, 1.54) is 23.1 Å². The van der Waals surface area contributed by atoms with Gasteiger partial charge in [-0.25, -0.2) is 0 Å². The summed E-state index contributed by atoms with van der Waals surface area (Å²) in [6, 6.07) is 18.9. The first-order valence-electron chi connectivity index (χ1n) is 10.4. The number of fused-ring (bicyclic) bond motifs is 1. The predicted molar refractivity (Wildman–Crippen MR) is 130 cm³/mol. The number of benzene rings is 2. The van der Waals surface area contributed by atoms with Crippen molar-refractivity contribution in [3.8, 4) is 0 Å². The molecule has 2 aliphatic rings. The average molecular weight is 499 g/mol. The summed E-state index contributed by atoms with van der Waals surface area (Å²) in [6.45, 7) is 0.290. The first-order chi connectivity index (χ1) is 16.1. The molecule has 2 fully saturated rings. The molecule has 2 N–H and O–H groups in total. The van der Waals surface area contributed by atoms with E-state index in [4.69, 9.17) is 10.5 Å². The van der Waals surface area contributed by atoms with E-state index >= 15 is 0 Å². The maximum Gasteiger partial charge on any atom is 0.316 e. The van der Waals surface area contributed by atoms with E-state index in [0.717, 1.165) is 15.5 Å². The fraction of sp³-hybridized carbons (Fsp3) is 0.304. The van der Waals surface area contributed by atoms with E-state index in [2.05, 4.69) is 10.2 Å². The highest BCUT2D eigenvalue weighted by Gasteiger charge is 2.56. The Hall–Kier alpha value is -2.40. The summed E-state index contributed by atoms with van der Waals surface area (Å²) in [5, 5.41) is 7.90. The molecule has 7 nitrogen and oxygen atoms in total. The van der Waals surface area contributed by atoms with Crippen LogP contribution in [0.4, 0.5) is 0 Å². The van der Waals surface area contributed by atoms with E-state index < -0.39 is 17.6 Å². The molecular formula is C23H22N4O3S3. The van der Waals surface area contributed by atoms with Gasteiger partial charge in [0.2, 0.25) is 5.91 Å². The summed E-state index contributed by atoms with van der Waals surface area (Å²) in [5.41, 5.74) is 8.55. The van der Waals surface area contributed by atoms with Crippen molar-refractivity contribution in [3.63, 3.8) is 0 Å². The summed E-state index contributed by atoms with van der Waals surface area (Å²) in [6.07, 6.45) is -0.541. The van der Waals surface area contributed by atoms with Crippen molar-refractivity contribution >= 4 is 46.7 Å². The lowest BCUT2D eigenvalue weighted by molar-refractivity contribution is -0.163. The van der Waals surface area contributed by atoms with Crippen LogP contribution in [0.15, 0.2) is 70.5 Å². The van der Waals surface area contributed by atoms with E-state index in [-0.39, 0.29) is 23.8 Å². The Labute approximate surface area is 204 Å². The van der Waals surface area contributed by atoms with Crippen LogP contribution in [0.3, 0.4) is 0 Å². The Morgan fingerprint density at radius 2 is 1.85 bits per heavy atom. The van der Waals surface area contributed by atoms with Gasteiger partial charge in [0.1, 0.15) is 22.3 Å². The number of thioether (sulfide) groups is 2. The third kappa shape index (κ3) is 4.40. The Morgan fingerprint density at radius 1 is 1.18 bits per heavy atom. The van der Waals surface area contributed by atoms with Crippen molar-refractivity contribution in [3.05, 3.63) is 77.3 Å². The number of carbonyl (C=O) groups is 2. The Bertz CT molecular complexity index is 1080. The van der Waals surface area contributed by atoms with Crippen LogP contribution in [-0.4, -0.2) is 56.4 Å². The first-order valence-corrected chi connectivity index (χ1v) is 13.4. The van der Waals surface area contributed by atoms with Gasteiger partial charge in [-0.15, -0.1) is 22.0 Å². The molecule has 10 heteroatoms. The number of rotatable bonds is 7. The summed E-state index contributed by atoms with van der Waals surface area (Å²) in [4.78, 5) is 28.0. The lowest BCUT2D eigenvalue weighted by Gasteiger charge is -2.53. The largest absolute Gasteiger partial charge is 0.452 e. The number of amides is 1. The zero-order valence-corrected chi connectivity index (χ0v) is 20.0. The fourth-order valence-electron chi connectivity index (χ4n) is 4.04. The standard InChI is InChI=1S/C23H22N4O3S3/c24-17-19(28)27-11-23(12-31-20(17)27,13-32-22-26-25-14-33-22)21(29)30-18(15-7-3-1-4-8-15)16-9-5-2-6-10-16/h1-10,14,17-18,20H,11-13,24H2/t17?,20-,23?/m1/s1. The van der Waals surface area contributed by atoms with Gasteiger partial charge in [0.25, 0.3) is 0 Å². The van der Waals surface area contributed by atoms with Crippen molar-refractivity contribution in [2.45, 2.75) is 21.9 Å². The van der Waals surface area contributed by atoms with Crippen molar-refractivity contribution < 1.29 is 14.3 Å². The van der Waals surface area contributed by atoms with Crippen LogP contribution >= 0.6 is 34.9 Å². The molecule has 5 rings (SSSR count). The molecule has 0 radical (unpaired) electrons. The third-order valence-electron chi connectivity index (χ3n) is 5.86. The molecule has 3 aromatic rings. The van der Waals surface area contributed by atoms with Gasteiger partial charge in [-0.05, 0) is 11.1 Å². The second-order valence-electron chi connectivity index (χ2n) is 8.07. The molecule has 1 amide bonds. The summed E-state index contributed by atoms with van der Waals surface area (Å²) in [7, 11) is 0. The molecule has 170 valence electrons. The van der Waals surface area contributed by atoms with Crippen LogP contribution in [0.25, 0.3) is 0 Å². The summed E-state index contributed by atoms with van der Waals surface area (Å²) >= 11 is 4.45. The molecule has 0 aliphatic carbocycles. The molecule has 1 aromatic heterocycles. The Balaban J connectivity index is 1.43. The molecule has 0 spiro atoms. The molecular weight excluding hydrogens is 476 g/mol. The minimum Gasteiger partial charge on any atom is -0.452 e. The zero-order valence-electron chi connectivity index (χ0n) is 17.6. The SMILES string of the molecule is NC1C(=O)N2CC(CSc3nncs3)(C(=O)OC(c3ccccc3)c3ccccc3)CS[C@H]12. The Kier molecular flexibility index (Phi) is 6.42. The number of esters is 1. The van der Waals surface area contributed by atoms with Gasteiger partial charge in [-0.1, -0.05) is 83.8 Å². The molecule has 3 atom stereocenters. The van der Waals surface area contributed by atoms with Gasteiger partial charge in [0, 0.05) is 18.1 Å². The highest BCUT2D eigenvalue weighted by atomic mass is 32.2. The van der Waals surface area contributed by atoms with Crippen LogP contribution in [0.5, 0.6) is 0 Å². The van der Waals surface area contributed by atoms with Gasteiger partial charge >= 0.3 is 5.97 Å². The second-order valence-corrected chi connectivity index (χ2v) is 11.2. The highest BCUT2D eigenvalue weighted by molar-refractivity contribution is 8.01. The lowest BCUT2D eigenvalue weighted by Crippen LogP contribution is -2.72. The van der Waals surface area contributed by atoms with E-state index in [0.29, 0.717) is 11.5 Å². The molecule has 0 bridgehead atoms. The van der Waals surface area contributed by atoms with Gasteiger partial charge in [-0.2, -0.15) is 0 Å². The maximum absolute atomic E-state index is 13.9. The van der Waals surface area contributed by atoms with E-state index in [1.807, 2.05) is 60.7 Å². The van der Waals surface area contributed by atoms with Gasteiger partial charge in [-0.3, -0.25) is 9.59 Å². The maximum atomic E-state index is 13.9. The van der Waals surface area contributed by atoms with Crippen LogP contribution in [0.2, 0.25) is 0 Å². The molecule has 0 saturated carbocycles. The number of carbonyl (C=O) groups excluding carboxylic acids is 2. The van der Waals surface area contributed by atoms with Crippen molar-refractivity contribution in [2.24, 2.45) is 11.1 Å². The van der Waals surface area contributed by atoms with Gasteiger partial charge in [0.05, 0.1) is 0 Å². The number of β-lactam (4-membered cyclic amide) rings is 1. The van der Waals surface area contributed by atoms with Crippen LogP contribution < -0.4 is 5.73 Å². The molecule has 2 unspecified atom stereocenters. The molecule has 3 heterocycles. The minimum atomic E-state index is -0.880. The quantitative estimate of drug-likeness (QED) is 0.301. The third-order valence-corrected chi connectivity index (χ3v) is 9.62. The van der Waals surface area contributed by atoms with Crippen molar-refractivity contribution in [1.29, 1.82) is 0 Å². The average Bonchev–Trinajstić information content (AvgIpc) is 3.40. The molecule has 2 saturated heterocycles. The number of hydrogen-bond donors (Lipinski definition) is 1. The van der Waals surface area contributed by atoms with Crippen molar-refractivity contribution in [1.82, 2.24) is 15.1 Å². The van der Waals surface area contributed by atoms with Crippen LogP contribution in [-0.2, 0) is 14.3 Å². The first kappa shape index (κ1) is 22.4. The van der Waals surface area contributed by atoms with Crippen LogP contribution in [0.1, 0.15) is 17.2 Å². The lowest BCUT2D eigenvalue weighted by atomic mass is 9.89. The highest BCUT2D eigenvalue weighted by Crippen LogP contribution is 2.45. The zero-order chi connectivity index (χ0) is 22.8. The topological polar surface area (TPSA) is 98.4 Å². The van der Waals surface area contributed by atoms with Gasteiger partial charge < -0.3 is 15.4 Å². The predicted octanol–water partition coefficient (Wildman–Crippen LogP) is 3.19.